The topological polar surface area (TPSA) is 49.3 Å². The standard InChI is InChI=1S/C15H23NO2/c1-10-6-7-11(2)13(8-10)15(4,5)9-16-14(18)12(3)17/h6-8,12,17H,9H2,1-5H3,(H,16,18). The van der Waals surface area contributed by atoms with Crippen LogP contribution in [0.1, 0.15) is 37.5 Å². The van der Waals surface area contributed by atoms with Gasteiger partial charge in [-0.05, 0) is 31.9 Å². The fourth-order valence-electron chi connectivity index (χ4n) is 2.02. The molecule has 3 nitrogen and oxygen atoms in total. The van der Waals surface area contributed by atoms with Crippen molar-refractivity contribution in [3.05, 3.63) is 34.9 Å². The molecular formula is C15H23NO2. The van der Waals surface area contributed by atoms with Crippen molar-refractivity contribution in [2.75, 3.05) is 6.54 Å². The van der Waals surface area contributed by atoms with Gasteiger partial charge in [-0.15, -0.1) is 0 Å². The third-order valence-electron chi connectivity index (χ3n) is 3.21. The van der Waals surface area contributed by atoms with Crippen molar-refractivity contribution in [2.24, 2.45) is 0 Å². The van der Waals surface area contributed by atoms with Gasteiger partial charge in [-0.2, -0.15) is 0 Å². The summed E-state index contributed by atoms with van der Waals surface area (Å²) in [5.74, 6) is -0.326. The Morgan fingerprint density at radius 2 is 2.00 bits per heavy atom. The molecular weight excluding hydrogens is 226 g/mol. The normalized spacial score (nSPS) is 13.2. The molecule has 1 aromatic rings. The highest BCUT2D eigenvalue weighted by molar-refractivity contribution is 5.80. The molecule has 0 aliphatic heterocycles. The molecule has 0 aliphatic rings. The molecule has 0 heterocycles. The van der Waals surface area contributed by atoms with Gasteiger partial charge in [-0.25, -0.2) is 0 Å². The highest BCUT2D eigenvalue weighted by atomic mass is 16.3. The van der Waals surface area contributed by atoms with Gasteiger partial charge in [0.25, 0.3) is 0 Å². The minimum absolute atomic E-state index is 0.152. The number of benzene rings is 1. The fourth-order valence-corrected chi connectivity index (χ4v) is 2.02. The van der Waals surface area contributed by atoms with Crippen LogP contribution in [0.3, 0.4) is 0 Å². The third-order valence-corrected chi connectivity index (χ3v) is 3.21. The van der Waals surface area contributed by atoms with E-state index in [1.807, 2.05) is 0 Å². The van der Waals surface area contributed by atoms with E-state index in [1.165, 1.54) is 23.6 Å². The lowest BCUT2D eigenvalue weighted by molar-refractivity contribution is -0.128. The Bertz CT molecular complexity index is 436. The van der Waals surface area contributed by atoms with Gasteiger partial charge in [0.2, 0.25) is 5.91 Å². The van der Waals surface area contributed by atoms with E-state index in [0.29, 0.717) is 6.54 Å². The van der Waals surface area contributed by atoms with Gasteiger partial charge in [-0.3, -0.25) is 4.79 Å². The number of aliphatic hydroxyl groups excluding tert-OH is 1. The molecule has 0 aromatic heterocycles. The number of carbonyl (C=O) groups excluding carboxylic acids is 1. The van der Waals surface area contributed by atoms with Gasteiger partial charge in [0, 0.05) is 12.0 Å². The molecule has 0 aliphatic carbocycles. The van der Waals surface area contributed by atoms with E-state index in [-0.39, 0.29) is 11.3 Å². The Morgan fingerprint density at radius 1 is 1.39 bits per heavy atom. The molecule has 0 radical (unpaired) electrons. The van der Waals surface area contributed by atoms with E-state index in [2.05, 4.69) is 51.2 Å². The van der Waals surface area contributed by atoms with Crippen LogP contribution in [0.2, 0.25) is 0 Å². The molecule has 0 bridgehead atoms. The molecule has 1 atom stereocenters. The third kappa shape index (κ3) is 3.57. The van der Waals surface area contributed by atoms with Crippen LogP contribution in [0.5, 0.6) is 0 Å². The van der Waals surface area contributed by atoms with Crippen molar-refractivity contribution in [1.29, 1.82) is 0 Å². The van der Waals surface area contributed by atoms with E-state index >= 15 is 0 Å². The quantitative estimate of drug-likeness (QED) is 0.858. The highest BCUT2D eigenvalue weighted by Gasteiger charge is 2.24. The summed E-state index contributed by atoms with van der Waals surface area (Å²) in [6, 6.07) is 6.34. The van der Waals surface area contributed by atoms with Gasteiger partial charge in [0.05, 0.1) is 0 Å². The van der Waals surface area contributed by atoms with Crippen molar-refractivity contribution in [3.63, 3.8) is 0 Å². The minimum Gasteiger partial charge on any atom is -0.384 e. The molecule has 18 heavy (non-hydrogen) atoms. The Balaban J connectivity index is 2.85. The number of hydrogen-bond acceptors (Lipinski definition) is 2. The van der Waals surface area contributed by atoms with Crippen LogP contribution in [0, 0.1) is 13.8 Å². The Labute approximate surface area is 109 Å². The number of carbonyl (C=O) groups is 1. The van der Waals surface area contributed by atoms with E-state index < -0.39 is 6.10 Å². The van der Waals surface area contributed by atoms with Gasteiger partial charge in [0.15, 0.2) is 0 Å². The first kappa shape index (κ1) is 14.7. The maximum atomic E-state index is 11.4. The summed E-state index contributed by atoms with van der Waals surface area (Å²) >= 11 is 0. The second kappa shape index (κ2) is 5.53. The molecule has 1 amide bonds. The van der Waals surface area contributed by atoms with Crippen LogP contribution in [0.25, 0.3) is 0 Å². The molecule has 3 heteroatoms. The van der Waals surface area contributed by atoms with Crippen molar-refractivity contribution in [3.8, 4) is 0 Å². The lowest BCUT2D eigenvalue weighted by atomic mass is 9.81. The molecule has 0 saturated heterocycles. The first-order valence-electron chi connectivity index (χ1n) is 6.27. The van der Waals surface area contributed by atoms with Gasteiger partial charge < -0.3 is 10.4 Å². The highest BCUT2D eigenvalue weighted by Crippen LogP contribution is 2.26. The summed E-state index contributed by atoms with van der Waals surface area (Å²) in [5, 5.41) is 12.0. The average Bonchev–Trinajstić information content (AvgIpc) is 2.29. The number of amides is 1. The first-order chi connectivity index (χ1) is 8.24. The fraction of sp³-hybridized carbons (Fsp3) is 0.533. The molecule has 0 spiro atoms. The summed E-state index contributed by atoms with van der Waals surface area (Å²) in [6.07, 6.45) is -0.959. The van der Waals surface area contributed by atoms with Crippen molar-refractivity contribution in [2.45, 2.75) is 46.1 Å². The molecule has 0 saturated carbocycles. The minimum atomic E-state index is -0.959. The lowest BCUT2D eigenvalue weighted by Crippen LogP contribution is -2.41. The van der Waals surface area contributed by atoms with Crippen LogP contribution in [-0.4, -0.2) is 23.7 Å². The largest absolute Gasteiger partial charge is 0.384 e. The molecule has 100 valence electrons. The summed E-state index contributed by atoms with van der Waals surface area (Å²) in [5.41, 5.74) is 3.51. The second-order valence-corrected chi connectivity index (χ2v) is 5.60. The molecule has 2 N–H and O–H groups in total. The van der Waals surface area contributed by atoms with Gasteiger partial charge >= 0.3 is 0 Å². The second-order valence-electron chi connectivity index (χ2n) is 5.60. The Hall–Kier alpha value is -1.35. The monoisotopic (exact) mass is 249 g/mol. The van der Waals surface area contributed by atoms with E-state index in [4.69, 9.17) is 0 Å². The van der Waals surface area contributed by atoms with E-state index in [1.54, 1.807) is 0 Å². The van der Waals surface area contributed by atoms with Crippen molar-refractivity contribution >= 4 is 5.91 Å². The van der Waals surface area contributed by atoms with Crippen molar-refractivity contribution < 1.29 is 9.90 Å². The van der Waals surface area contributed by atoms with Gasteiger partial charge in [-0.1, -0.05) is 37.6 Å². The zero-order valence-corrected chi connectivity index (χ0v) is 11.9. The molecule has 0 fully saturated rings. The predicted molar refractivity (Wildman–Crippen MR) is 73.6 cm³/mol. The smallest absolute Gasteiger partial charge is 0.248 e. The van der Waals surface area contributed by atoms with Gasteiger partial charge in [0.1, 0.15) is 6.10 Å². The molecule has 1 aromatic carbocycles. The van der Waals surface area contributed by atoms with Crippen LogP contribution >= 0.6 is 0 Å². The van der Waals surface area contributed by atoms with Crippen LogP contribution in [-0.2, 0) is 10.2 Å². The number of aliphatic hydroxyl groups is 1. The summed E-state index contributed by atoms with van der Waals surface area (Å²) in [6.45, 7) is 10.3. The Morgan fingerprint density at radius 3 is 2.56 bits per heavy atom. The number of nitrogens with one attached hydrogen (secondary N) is 1. The van der Waals surface area contributed by atoms with Crippen molar-refractivity contribution in [1.82, 2.24) is 5.32 Å². The molecule has 1 unspecified atom stereocenters. The van der Waals surface area contributed by atoms with E-state index in [0.717, 1.165) is 0 Å². The SMILES string of the molecule is Cc1ccc(C)c(C(C)(C)CNC(=O)C(C)O)c1. The number of hydrogen-bond donors (Lipinski definition) is 2. The summed E-state index contributed by atoms with van der Waals surface area (Å²) in [4.78, 5) is 11.4. The first-order valence-corrected chi connectivity index (χ1v) is 6.27. The van der Waals surface area contributed by atoms with Crippen LogP contribution in [0.15, 0.2) is 18.2 Å². The zero-order chi connectivity index (χ0) is 13.9. The van der Waals surface area contributed by atoms with E-state index in [9.17, 15) is 9.90 Å². The zero-order valence-electron chi connectivity index (χ0n) is 11.9. The summed E-state index contributed by atoms with van der Waals surface area (Å²) < 4.78 is 0. The average molecular weight is 249 g/mol. The number of rotatable bonds is 4. The van der Waals surface area contributed by atoms with Crippen LogP contribution < -0.4 is 5.32 Å². The maximum Gasteiger partial charge on any atom is 0.248 e. The maximum absolute atomic E-state index is 11.4. The Kier molecular flexibility index (Phi) is 4.52. The predicted octanol–water partition coefficient (Wildman–Crippen LogP) is 2.08. The summed E-state index contributed by atoms with van der Waals surface area (Å²) in [7, 11) is 0. The lowest BCUT2D eigenvalue weighted by Gasteiger charge is -2.28. The van der Waals surface area contributed by atoms with Crippen LogP contribution in [0.4, 0.5) is 0 Å². The molecule has 1 rings (SSSR count). The number of aryl methyl sites for hydroxylation is 2.